The smallest absolute Gasteiger partial charge is 0.277 e. The lowest BCUT2D eigenvalue weighted by molar-refractivity contribution is -0.137. The molecule has 7 heteroatoms. The van der Waals surface area contributed by atoms with Crippen molar-refractivity contribution >= 4 is 23.2 Å². The van der Waals surface area contributed by atoms with Crippen molar-refractivity contribution in [1.82, 2.24) is 14.8 Å². The highest BCUT2D eigenvalue weighted by atomic mass is 16.5. The second-order valence-corrected chi connectivity index (χ2v) is 7.38. The van der Waals surface area contributed by atoms with Gasteiger partial charge in [-0.2, -0.15) is 0 Å². The minimum Gasteiger partial charge on any atom is -0.497 e. The number of ether oxygens (including phenoxy) is 1. The van der Waals surface area contributed by atoms with E-state index >= 15 is 0 Å². The number of amides is 2. The van der Waals surface area contributed by atoms with Crippen LogP contribution in [0.2, 0.25) is 0 Å². The first-order valence-corrected chi connectivity index (χ1v) is 10.3. The number of carbonyl (C=O) groups is 2. The molecule has 0 bridgehead atoms. The predicted octanol–water partition coefficient (Wildman–Crippen LogP) is 2.40. The van der Waals surface area contributed by atoms with Crippen molar-refractivity contribution in [3.05, 3.63) is 59.9 Å². The number of carbonyl (C=O) groups excluding carboxylic acids is 2. The third kappa shape index (κ3) is 3.63. The first-order valence-electron chi connectivity index (χ1n) is 10.3. The van der Waals surface area contributed by atoms with E-state index in [9.17, 15) is 9.59 Å². The van der Waals surface area contributed by atoms with Crippen molar-refractivity contribution in [2.75, 3.05) is 44.7 Å². The van der Waals surface area contributed by atoms with Gasteiger partial charge in [0.15, 0.2) is 0 Å². The Morgan fingerprint density at radius 3 is 2.23 bits per heavy atom. The standard InChI is InChI=1S/C23H26N4O3/c1-3-12-27-22(28)20(17-7-9-18(30-2)10-8-17)21(23(27)29)26-15-13-25(14-16-26)19-6-4-5-11-24-19/h4-11H,3,12-16H2,1-2H3. The third-order valence-electron chi connectivity index (χ3n) is 5.54. The number of piperazine rings is 1. The van der Waals surface area contributed by atoms with Gasteiger partial charge in [0, 0.05) is 38.9 Å². The summed E-state index contributed by atoms with van der Waals surface area (Å²) >= 11 is 0. The molecular formula is C23H26N4O3. The quantitative estimate of drug-likeness (QED) is 0.687. The van der Waals surface area contributed by atoms with Crippen LogP contribution < -0.4 is 9.64 Å². The topological polar surface area (TPSA) is 66.0 Å². The lowest BCUT2D eigenvalue weighted by Gasteiger charge is -2.37. The van der Waals surface area contributed by atoms with E-state index in [-0.39, 0.29) is 11.8 Å². The molecule has 156 valence electrons. The van der Waals surface area contributed by atoms with E-state index in [0.717, 1.165) is 30.9 Å². The molecular weight excluding hydrogens is 380 g/mol. The van der Waals surface area contributed by atoms with Crippen LogP contribution in [0.4, 0.5) is 5.82 Å². The number of methoxy groups -OCH3 is 1. The van der Waals surface area contributed by atoms with Gasteiger partial charge in [0.25, 0.3) is 11.8 Å². The fraction of sp³-hybridized carbons (Fsp3) is 0.348. The molecule has 0 radical (unpaired) electrons. The number of benzene rings is 1. The summed E-state index contributed by atoms with van der Waals surface area (Å²) in [4.78, 5) is 36.4. The average molecular weight is 406 g/mol. The molecule has 0 spiro atoms. The molecule has 0 aliphatic carbocycles. The fourth-order valence-corrected chi connectivity index (χ4v) is 4.00. The van der Waals surface area contributed by atoms with Gasteiger partial charge in [-0.15, -0.1) is 0 Å². The number of nitrogens with zero attached hydrogens (tertiary/aromatic N) is 4. The summed E-state index contributed by atoms with van der Waals surface area (Å²) in [5, 5.41) is 0. The maximum atomic E-state index is 13.2. The Kier molecular flexibility index (Phi) is 5.70. The number of hydrogen-bond acceptors (Lipinski definition) is 6. The molecule has 1 aromatic heterocycles. The van der Waals surface area contributed by atoms with Gasteiger partial charge in [-0.05, 0) is 36.2 Å². The Bertz CT molecular complexity index is 948. The van der Waals surface area contributed by atoms with E-state index < -0.39 is 0 Å². The predicted molar refractivity (Wildman–Crippen MR) is 115 cm³/mol. The molecule has 0 N–H and O–H groups in total. The molecule has 4 rings (SSSR count). The maximum Gasteiger partial charge on any atom is 0.277 e. The van der Waals surface area contributed by atoms with Crippen LogP contribution in [0.15, 0.2) is 54.4 Å². The summed E-state index contributed by atoms with van der Waals surface area (Å²) in [6, 6.07) is 13.2. The lowest BCUT2D eigenvalue weighted by atomic mass is 10.0. The highest BCUT2D eigenvalue weighted by molar-refractivity contribution is 6.35. The SMILES string of the molecule is CCCN1C(=O)C(c2ccc(OC)cc2)=C(N2CCN(c3ccccn3)CC2)C1=O. The van der Waals surface area contributed by atoms with Crippen molar-refractivity contribution in [2.45, 2.75) is 13.3 Å². The summed E-state index contributed by atoms with van der Waals surface area (Å²) in [6.07, 6.45) is 2.52. The molecule has 0 saturated carbocycles. The van der Waals surface area contributed by atoms with Crippen LogP contribution in [0.1, 0.15) is 18.9 Å². The molecule has 2 amide bonds. The number of imide groups is 1. The van der Waals surface area contributed by atoms with Gasteiger partial charge in [-0.3, -0.25) is 14.5 Å². The van der Waals surface area contributed by atoms with Gasteiger partial charge in [0.05, 0.1) is 12.7 Å². The summed E-state index contributed by atoms with van der Waals surface area (Å²) in [5.74, 6) is 1.24. The van der Waals surface area contributed by atoms with Gasteiger partial charge in [-0.1, -0.05) is 25.1 Å². The van der Waals surface area contributed by atoms with E-state index in [4.69, 9.17) is 4.74 Å². The number of hydrogen-bond donors (Lipinski definition) is 0. The van der Waals surface area contributed by atoms with Gasteiger partial charge >= 0.3 is 0 Å². The largest absolute Gasteiger partial charge is 0.497 e. The van der Waals surface area contributed by atoms with E-state index in [1.807, 2.05) is 49.4 Å². The van der Waals surface area contributed by atoms with Gasteiger partial charge in [0.1, 0.15) is 17.3 Å². The molecule has 1 fully saturated rings. The number of aromatic nitrogens is 1. The maximum absolute atomic E-state index is 13.2. The highest BCUT2D eigenvalue weighted by Gasteiger charge is 2.41. The molecule has 0 unspecified atom stereocenters. The van der Waals surface area contributed by atoms with Gasteiger partial charge in [-0.25, -0.2) is 4.98 Å². The molecule has 3 heterocycles. The average Bonchev–Trinajstić information content (AvgIpc) is 3.05. The van der Waals surface area contributed by atoms with Crippen LogP contribution in [-0.2, 0) is 9.59 Å². The van der Waals surface area contributed by atoms with Crippen LogP contribution in [-0.4, -0.2) is 66.4 Å². The van der Waals surface area contributed by atoms with Crippen LogP contribution in [0, 0.1) is 0 Å². The minimum atomic E-state index is -0.214. The first-order chi connectivity index (χ1) is 14.6. The van der Waals surface area contributed by atoms with Crippen molar-refractivity contribution in [3.8, 4) is 5.75 Å². The van der Waals surface area contributed by atoms with E-state index in [2.05, 4.69) is 14.8 Å². The summed E-state index contributed by atoms with van der Waals surface area (Å²) < 4.78 is 5.24. The van der Waals surface area contributed by atoms with Crippen LogP contribution in [0.3, 0.4) is 0 Å². The van der Waals surface area contributed by atoms with E-state index in [1.54, 1.807) is 13.3 Å². The molecule has 1 saturated heterocycles. The second kappa shape index (κ2) is 8.57. The first kappa shape index (κ1) is 19.9. The normalized spacial score (nSPS) is 17.2. The minimum absolute atomic E-state index is 0.195. The van der Waals surface area contributed by atoms with Crippen molar-refractivity contribution < 1.29 is 14.3 Å². The van der Waals surface area contributed by atoms with Crippen LogP contribution >= 0.6 is 0 Å². The van der Waals surface area contributed by atoms with Crippen molar-refractivity contribution in [3.63, 3.8) is 0 Å². The monoisotopic (exact) mass is 406 g/mol. The number of pyridine rings is 1. The van der Waals surface area contributed by atoms with Crippen molar-refractivity contribution in [2.24, 2.45) is 0 Å². The van der Waals surface area contributed by atoms with Gasteiger partial charge < -0.3 is 14.5 Å². The van der Waals surface area contributed by atoms with Crippen LogP contribution in [0.25, 0.3) is 5.57 Å². The third-order valence-corrected chi connectivity index (χ3v) is 5.54. The van der Waals surface area contributed by atoms with E-state index in [0.29, 0.717) is 36.7 Å². The molecule has 30 heavy (non-hydrogen) atoms. The molecule has 7 nitrogen and oxygen atoms in total. The Morgan fingerprint density at radius 1 is 0.933 bits per heavy atom. The summed E-state index contributed by atoms with van der Waals surface area (Å²) in [6.45, 7) is 5.19. The van der Waals surface area contributed by atoms with E-state index in [1.165, 1.54) is 4.90 Å². The molecule has 2 aliphatic rings. The Labute approximate surface area is 176 Å². The molecule has 2 aromatic rings. The fourth-order valence-electron chi connectivity index (χ4n) is 4.00. The van der Waals surface area contributed by atoms with Gasteiger partial charge in [0.2, 0.25) is 0 Å². The molecule has 1 aromatic carbocycles. The zero-order valence-electron chi connectivity index (χ0n) is 17.4. The molecule has 2 aliphatic heterocycles. The Morgan fingerprint density at radius 2 is 1.63 bits per heavy atom. The highest BCUT2D eigenvalue weighted by Crippen LogP contribution is 2.33. The second-order valence-electron chi connectivity index (χ2n) is 7.38. The number of rotatable bonds is 6. The molecule has 0 atom stereocenters. The van der Waals surface area contributed by atoms with Crippen LogP contribution in [0.5, 0.6) is 5.75 Å². The zero-order chi connectivity index (χ0) is 21.1. The Hall–Kier alpha value is -3.35. The van der Waals surface area contributed by atoms with Crippen molar-refractivity contribution in [1.29, 1.82) is 0 Å². The zero-order valence-corrected chi connectivity index (χ0v) is 17.4. The lowest BCUT2D eigenvalue weighted by Crippen LogP contribution is -2.48. The summed E-state index contributed by atoms with van der Waals surface area (Å²) in [5.41, 5.74) is 1.75. The number of anilines is 1. The summed E-state index contributed by atoms with van der Waals surface area (Å²) in [7, 11) is 1.61. The Balaban J connectivity index is 1.64.